The predicted octanol–water partition coefficient (Wildman–Crippen LogP) is 4.34. The molecule has 0 saturated carbocycles. The lowest BCUT2D eigenvalue weighted by Crippen LogP contribution is -2.19. The molecule has 2 aliphatic rings. The number of hydrogen-bond donors (Lipinski definition) is 0. The van der Waals surface area contributed by atoms with Crippen LogP contribution in [0.1, 0.15) is 18.4 Å². The first-order valence-electron chi connectivity index (χ1n) is 9.35. The van der Waals surface area contributed by atoms with Crippen molar-refractivity contribution in [3.05, 3.63) is 60.6 Å². The van der Waals surface area contributed by atoms with E-state index in [-0.39, 0.29) is 0 Å². The molecule has 1 saturated heterocycles. The third kappa shape index (κ3) is 3.42. The number of hydrogen-bond acceptors (Lipinski definition) is 6. The van der Waals surface area contributed by atoms with Crippen molar-refractivity contribution in [2.45, 2.75) is 24.3 Å². The maximum absolute atomic E-state index is 4.65. The fourth-order valence-corrected chi connectivity index (χ4v) is 4.87. The van der Waals surface area contributed by atoms with Gasteiger partial charge in [0.2, 0.25) is 0 Å². The van der Waals surface area contributed by atoms with Crippen molar-refractivity contribution in [1.82, 2.24) is 20.1 Å². The molecular formula is C21H21N5S. The van der Waals surface area contributed by atoms with E-state index in [0.717, 1.165) is 23.8 Å². The fourth-order valence-electron chi connectivity index (χ4n) is 3.79. The zero-order valence-electron chi connectivity index (χ0n) is 15.1. The monoisotopic (exact) mass is 375 g/mol. The normalized spacial score (nSPS) is 16.7. The van der Waals surface area contributed by atoms with Crippen LogP contribution < -0.4 is 4.90 Å². The van der Waals surface area contributed by atoms with Crippen molar-refractivity contribution in [2.24, 2.45) is 0 Å². The van der Waals surface area contributed by atoms with Gasteiger partial charge in [-0.2, -0.15) is 10.2 Å². The Balaban J connectivity index is 1.40. The maximum atomic E-state index is 4.65. The summed E-state index contributed by atoms with van der Waals surface area (Å²) in [5.74, 6) is 1.93. The summed E-state index contributed by atoms with van der Waals surface area (Å²) >= 11 is 1.86. The molecule has 0 bridgehead atoms. The molecule has 0 amide bonds. The van der Waals surface area contributed by atoms with Crippen molar-refractivity contribution in [1.29, 1.82) is 0 Å². The molecule has 3 aromatic rings. The van der Waals surface area contributed by atoms with Gasteiger partial charge in [0.15, 0.2) is 0 Å². The maximum Gasteiger partial charge on any atom is 0.134 e. The smallest absolute Gasteiger partial charge is 0.134 e. The Hall–Kier alpha value is -2.44. The molecular weight excluding hydrogens is 354 g/mol. The van der Waals surface area contributed by atoms with E-state index in [2.05, 4.69) is 55.3 Å². The van der Waals surface area contributed by atoms with Crippen molar-refractivity contribution in [3.8, 4) is 11.1 Å². The quantitative estimate of drug-likeness (QED) is 0.676. The molecule has 0 N–H and O–H groups in total. The Bertz CT molecular complexity index is 940. The van der Waals surface area contributed by atoms with Crippen LogP contribution >= 0.6 is 11.8 Å². The third-order valence-corrected chi connectivity index (χ3v) is 6.23. The van der Waals surface area contributed by atoms with E-state index >= 15 is 0 Å². The number of thioether (sulfide) groups is 1. The molecule has 0 radical (unpaired) electrons. The molecule has 4 heterocycles. The standard InChI is InChI=1S/C21H21N5S/c1-2-10-25(9-1)14-16-5-7-22-21(11-16)26-15-27-20-12-17(3-4-19(20)26)18-6-8-23-24-13-18/h3-8,11-13H,1-2,9-10,14-15H2. The fraction of sp³-hybridized carbons (Fsp3) is 0.286. The average molecular weight is 376 g/mol. The lowest BCUT2D eigenvalue weighted by atomic mass is 10.1. The summed E-state index contributed by atoms with van der Waals surface area (Å²) in [6, 6.07) is 13.0. The van der Waals surface area contributed by atoms with Gasteiger partial charge in [-0.1, -0.05) is 6.07 Å². The second-order valence-corrected chi connectivity index (χ2v) is 8.01. The number of nitrogens with zero attached hydrogens (tertiary/aromatic N) is 5. The van der Waals surface area contributed by atoms with Gasteiger partial charge in [0.25, 0.3) is 0 Å². The van der Waals surface area contributed by atoms with Crippen molar-refractivity contribution >= 4 is 23.3 Å². The van der Waals surface area contributed by atoms with Crippen LogP contribution in [-0.4, -0.2) is 39.0 Å². The Morgan fingerprint density at radius 3 is 2.70 bits per heavy atom. The Kier molecular flexibility index (Phi) is 4.51. The highest BCUT2D eigenvalue weighted by atomic mass is 32.2. The van der Waals surface area contributed by atoms with Gasteiger partial charge in [-0.05, 0) is 67.4 Å². The highest BCUT2D eigenvalue weighted by molar-refractivity contribution is 7.99. The molecule has 1 aromatic carbocycles. The number of pyridine rings is 1. The summed E-state index contributed by atoms with van der Waals surface area (Å²) in [7, 11) is 0. The first kappa shape index (κ1) is 16.7. The lowest BCUT2D eigenvalue weighted by Gasteiger charge is -2.20. The lowest BCUT2D eigenvalue weighted by molar-refractivity contribution is 0.331. The van der Waals surface area contributed by atoms with Crippen LogP contribution in [0.15, 0.2) is 59.9 Å². The molecule has 27 heavy (non-hydrogen) atoms. The Morgan fingerprint density at radius 1 is 0.926 bits per heavy atom. The minimum atomic E-state index is 0.896. The van der Waals surface area contributed by atoms with Crippen molar-refractivity contribution < 1.29 is 0 Å². The van der Waals surface area contributed by atoms with Gasteiger partial charge >= 0.3 is 0 Å². The molecule has 0 atom stereocenters. The highest BCUT2D eigenvalue weighted by Gasteiger charge is 2.23. The van der Waals surface area contributed by atoms with E-state index in [1.807, 2.05) is 30.2 Å². The number of aromatic nitrogens is 3. The van der Waals surface area contributed by atoms with Crippen LogP contribution in [0.4, 0.5) is 11.5 Å². The van der Waals surface area contributed by atoms with Crippen LogP contribution in [0.3, 0.4) is 0 Å². The molecule has 6 heteroatoms. The molecule has 2 aromatic heterocycles. The Morgan fingerprint density at radius 2 is 1.85 bits per heavy atom. The van der Waals surface area contributed by atoms with Crippen LogP contribution in [-0.2, 0) is 6.54 Å². The van der Waals surface area contributed by atoms with E-state index in [4.69, 9.17) is 0 Å². The molecule has 5 rings (SSSR count). The van der Waals surface area contributed by atoms with Gasteiger partial charge in [0, 0.05) is 23.2 Å². The number of anilines is 2. The van der Waals surface area contributed by atoms with Gasteiger partial charge in [-0.15, -0.1) is 11.8 Å². The summed E-state index contributed by atoms with van der Waals surface area (Å²) in [5, 5.41) is 7.85. The van der Waals surface area contributed by atoms with Crippen LogP contribution in [0, 0.1) is 0 Å². The summed E-state index contributed by atoms with van der Waals surface area (Å²) in [4.78, 5) is 10.8. The number of fused-ring (bicyclic) bond motifs is 1. The molecule has 0 unspecified atom stereocenters. The minimum Gasteiger partial charge on any atom is -0.315 e. The van der Waals surface area contributed by atoms with E-state index < -0.39 is 0 Å². The van der Waals surface area contributed by atoms with Gasteiger partial charge < -0.3 is 4.90 Å². The van der Waals surface area contributed by atoms with Crippen molar-refractivity contribution in [2.75, 3.05) is 23.9 Å². The summed E-state index contributed by atoms with van der Waals surface area (Å²) in [6.45, 7) is 3.46. The first-order valence-corrected chi connectivity index (χ1v) is 10.3. The highest BCUT2D eigenvalue weighted by Crippen LogP contribution is 2.44. The summed E-state index contributed by atoms with van der Waals surface area (Å²) in [5.41, 5.74) is 4.85. The molecule has 1 fully saturated rings. The van der Waals surface area contributed by atoms with Crippen LogP contribution in [0.2, 0.25) is 0 Å². The van der Waals surface area contributed by atoms with Crippen molar-refractivity contribution in [3.63, 3.8) is 0 Å². The van der Waals surface area contributed by atoms with Crippen LogP contribution in [0.5, 0.6) is 0 Å². The molecule has 136 valence electrons. The molecule has 5 nitrogen and oxygen atoms in total. The van der Waals surface area contributed by atoms with Gasteiger partial charge in [-0.25, -0.2) is 4.98 Å². The summed E-state index contributed by atoms with van der Waals surface area (Å²) in [6.07, 6.45) is 8.13. The number of likely N-dealkylation sites (tertiary alicyclic amines) is 1. The molecule has 0 aliphatic carbocycles. The number of benzene rings is 1. The van der Waals surface area contributed by atoms with Gasteiger partial charge in [0.05, 0.1) is 24.0 Å². The predicted molar refractivity (Wildman–Crippen MR) is 109 cm³/mol. The zero-order chi connectivity index (χ0) is 18.1. The second-order valence-electron chi connectivity index (χ2n) is 7.02. The topological polar surface area (TPSA) is 45.2 Å². The van der Waals surface area contributed by atoms with Crippen LogP contribution in [0.25, 0.3) is 11.1 Å². The van der Waals surface area contributed by atoms with E-state index in [0.29, 0.717) is 0 Å². The SMILES string of the molecule is c1cc(-c2ccc3c(c2)SCN3c2cc(CN3CCCC3)ccn2)cnn1. The Labute approximate surface area is 163 Å². The number of rotatable bonds is 4. The molecule has 0 spiro atoms. The third-order valence-electron chi connectivity index (χ3n) is 5.21. The minimum absolute atomic E-state index is 0.896. The van der Waals surface area contributed by atoms with E-state index in [1.54, 1.807) is 6.20 Å². The largest absolute Gasteiger partial charge is 0.315 e. The van der Waals surface area contributed by atoms with Gasteiger partial charge in [0.1, 0.15) is 5.82 Å². The van der Waals surface area contributed by atoms with Gasteiger partial charge in [-0.3, -0.25) is 4.90 Å². The average Bonchev–Trinajstić information content (AvgIpc) is 3.38. The first-order chi connectivity index (χ1) is 13.4. The van der Waals surface area contributed by atoms with E-state index in [1.165, 1.54) is 47.6 Å². The second kappa shape index (κ2) is 7.29. The van der Waals surface area contributed by atoms with E-state index in [9.17, 15) is 0 Å². The molecule has 2 aliphatic heterocycles. The zero-order valence-corrected chi connectivity index (χ0v) is 15.9. The summed E-state index contributed by atoms with van der Waals surface area (Å²) < 4.78 is 0.